The van der Waals surface area contributed by atoms with Crippen molar-refractivity contribution in [2.45, 2.75) is 17.4 Å². The normalized spacial score (nSPS) is 13.1. The van der Waals surface area contributed by atoms with Crippen LogP contribution < -0.4 is 0 Å². The number of hydrogen-bond donors (Lipinski definition) is 2. The Morgan fingerprint density at radius 3 is 2.68 bits per heavy atom. The molecule has 0 radical (unpaired) electrons. The first kappa shape index (κ1) is 17.9. The molecule has 0 unspecified atom stereocenters. The topological polar surface area (TPSA) is 98.7 Å². The van der Waals surface area contributed by atoms with Gasteiger partial charge in [0.2, 0.25) is 0 Å². The number of nitriles is 1. The van der Waals surface area contributed by atoms with E-state index < -0.39 is 5.25 Å². The molecule has 0 spiro atoms. The number of nitrogens with one attached hydrogen (secondary N) is 1. The van der Waals surface area contributed by atoms with Gasteiger partial charge >= 0.3 is 0 Å². The van der Waals surface area contributed by atoms with Gasteiger partial charge < -0.3 is 14.5 Å². The van der Waals surface area contributed by atoms with Gasteiger partial charge in [0.25, 0.3) is 5.22 Å². The third kappa shape index (κ3) is 3.50. The molecular weight excluding hydrogens is 372 g/mol. The number of nitrogens with zero attached hydrogens (tertiary/aromatic N) is 3. The van der Waals surface area contributed by atoms with E-state index in [2.05, 4.69) is 15.0 Å². The standard InChI is InChI=1S/C21H16N4O2S/c1-13(28-21-23-12-18(27-21)14-7-3-2-4-8-14)19(26)15(11-22)20-24-16-9-5-6-10-17(16)25-20/h2-10,12-13,26H,1H3,(H,24,25)/t13-/m0/s1. The molecule has 0 saturated heterocycles. The number of rotatable bonds is 5. The van der Waals surface area contributed by atoms with Crippen molar-refractivity contribution in [3.05, 3.63) is 72.4 Å². The molecule has 0 aliphatic rings. The number of aliphatic hydroxyl groups excluding tert-OH is 1. The van der Waals surface area contributed by atoms with Crippen LogP contribution in [0.25, 0.3) is 27.9 Å². The van der Waals surface area contributed by atoms with Gasteiger partial charge in [-0.05, 0) is 19.1 Å². The number of aromatic nitrogens is 3. The van der Waals surface area contributed by atoms with Gasteiger partial charge in [-0.25, -0.2) is 9.97 Å². The van der Waals surface area contributed by atoms with Crippen LogP contribution in [0.1, 0.15) is 12.7 Å². The van der Waals surface area contributed by atoms with Gasteiger partial charge in [0.15, 0.2) is 11.6 Å². The summed E-state index contributed by atoms with van der Waals surface area (Å²) in [6.07, 6.45) is 1.65. The fourth-order valence-corrected chi connectivity index (χ4v) is 3.54. The van der Waals surface area contributed by atoms with Gasteiger partial charge in [0, 0.05) is 5.56 Å². The van der Waals surface area contributed by atoms with Crippen LogP contribution in [0.2, 0.25) is 0 Å². The quantitative estimate of drug-likeness (QED) is 0.277. The zero-order valence-corrected chi connectivity index (χ0v) is 15.8. The number of aliphatic hydroxyl groups is 1. The molecule has 2 heterocycles. The van der Waals surface area contributed by atoms with Crippen molar-refractivity contribution in [3.8, 4) is 17.4 Å². The number of aromatic amines is 1. The summed E-state index contributed by atoms with van der Waals surface area (Å²) < 4.78 is 5.77. The molecule has 0 aliphatic heterocycles. The Balaban J connectivity index is 1.58. The van der Waals surface area contributed by atoms with Gasteiger partial charge in [-0.2, -0.15) is 5.26 Å². The molecule has 2 N–H and O–H groups in total. The molecule has 1 atom stereocenters. The first-order valence-corrected chi connectivity index (χ1v) is 9.50. The Labute approximate surface area is 165 Å². The van der Waals surface area contributed by atoms with Crippen molar-refractivity contribution in [3.63, 3.8) is 0 Å². The van der Waals surface area contributed by atoms with Gasteiger partial charge in [0.05, 0.1) is 22.5 Å². The number of H-pyrrole nitrogens is 1. The molecule has 138 valence electrons. The second kappa shape index (κ2) is 7.62. The van der Waals surface area contributed by atoms with Gasteiger partial charge in [0.1, 0.15) is 17.4 Å². The molecule has 0 fully saturated rings. The molecule has 0 aliphatic carbocycles. The lowest BCUT2D eigenvalue weighted by Crippen LogP contribution is -2.04. The summed E-state index contributed by atoms with van der Waals surface area (Å²) in [5, 5.41) is 20.2. The van der Waals surface area contributed by atoms with Gasteiger partial charge in [-0.1, -0.05) is 54.2 Å². The van der Waals surface area contributed by atoms with E-state index in [1.807, 2.05) is 60.7 Å². The van der Waals surface area contributed by atoms with Crippen LogP contribution >= 0.6 is 11.8 Å². The van der Waals surface area contributed by atoms with Crippen molar-refractivity contribution in [1.82, 2.24) is 15.0 Å². The maximum atomic E-state index is 10.6. The minimum Gasteiger partial charge on any atom is -0.510 e. The third-order valence-electron chi connectivity index (χ3n) is 4.20. The maximum absolute atomic E-state index is 10.6. The number of oxazole rings is 1. The van der Waals surface area contributed by atoms with E-state index in [9.17, 15) is 10.4 Å². The second-order valence-electron chi connectivity index (χ2n) is 6.09. The van der Waals surface area contributed by atoms with E-state index in [4.69, 9.17) is 4.42 Å². The van der Waals surface area contributed by atoms with Crippen LogP contribution in [0, 0.1) is 11.3 Å². The van der Waals surface area contributed by atoms with Crippen LogP contribution in [0.3, 0.4) is 0 Å². The lowest BCUT2D eigenvalue weighted by atomic mass is 10.2. The molecular formula is C21H16N4O2S. The predicted octanol–water partition coefficient (Wildman–Crippen LogP) is 5.19. The summed E-state index contributed by atoms with van der Waals surface area (Å²) in [6.45, 7) is 1.78. The molecule has 4 aromatic rings. The average molecular weight is 388 g/mol. The Hall–Kier alpha value is -3.50. The Morgan fingerprint density at radius 2 is 1.93 bits per heavy atom. The third-order valence-corrected chi connectivity index (χ3v) is 5.17. The van der Waals surface area contributed by atoms with Crippen molar-refractivity contribution in [2.75, 3.05) is 0 Å². The van der Waals surface area contributed by atoms with E-state index >= 15 is 0 Å². The smallest absolute Gasteiger partial charge is 0.256 e. The highest BCUT2D eigenvalue weighted by molar-refractivity contribution is 7.99. The van der Waals surface area contributed by atoms with Crippen molar-refractivity contribution in [1.29, 1.82) is 5.26 Å². The number of hydrogen-bond acceptors (Lipinski definition) is 6. The number of thioether (sulfide) groups is 1. The van der Waals surface area contributed by atoms with E-state index in [1.165, 1.54) is 11.8 Å². The Morgan fingerprint density at radius 1 is 1.18 bits per heavy atom. The van der Waals surface area contributed by atoms with E-state index in [-0.39, 0.29) is 11.3 Å². The molecule has 2 aromatic carbocycles. The fraction of sp³-hybridized carbons (Fsp3) is 0.0952. The second-order valence-corrected chi connectivity index (χ2v) is 7.38. The summed E-state index contributed by atoms with van der Waals surface area (Å²) in [5.74, 6) is 0.911. The van der Waals surface area contributed by atoms with Crippen molar-refractivity contribution < 1.29 is 9.52 Å². The number of benzene rings is 2. The monoisotopic (exact) mass is 388 g/mol. The lowest BCUT2D eigenvalue weighted by Gasteiger charge is -2.09. The van der Waals surface area contributed by atoms with Crippen LogP contribution in [0.5, 0.6) is 0 Å². The van der Waals surface area contributed by atoms with Crippen molar-refractivity contribution in [2.24, 2.45) is 0 Å². The molecule has 2 aromatic heterocycles. The molecule has 28 heavy (non-hydrogen) atoms. The van der Waals surface area contributed by atoms with E-state index in [1.54, 1.807) is 13.1 Å². The molecule has 0 amide bonds. The number of fused-ring (bicyclic) bond motifs is 1. The highest BCUT2D eigenvalue weighted by Gasteiger charge is 2.21. The number of imidazole rings is 1. The van der Waals surface area contributed by atoms with Crippen LogP contribution in [-0.2, 0) is 0 Å². The SMILES string of the molecule is C[C@H](Sc1ncc(-c2ccccc2)o1)C(O)=C(C#N)c1nc2ccccc2[nH]1. The first-order chi connectivity index (χ1) is 13.7. The average Bonchev–Trinajstić information content (AvgIpc) is 3.36. The van der Waals surface area contributed by atoms with E-state index in [0.29, 0.717) is 16.8 Å². The Bertz CT molecular complexity index is 1150. The maximum Gasteiger partial charge on any atom is 0.256 e. The number of allylic oxidation sites excluding steroid dienone is 1. The molecule has 6 nitrogen and oxygen atoms in total. The zero-order valence-electron chi connectivity index (χ0n) is 15.0. The fourth-order valence-electron chi connectivity index (χ4n) is 2.76. The minimum atomic E-state index is -0.440. The molecule has 0 saturated carbocycles. The summed E-state index contributed by atoms with van der Waals surface area (Å²) in [7, 11) is 0. The van der Waals surface area contributed by atoms with E-state index in [0.717, 1.165) is 16.6 Å². The highest BCUT2D eigenvalue weighted by atomic mass is 32.2. The van der Waals surface area contributed by atoms with Gasteiger partial charge in [-0.15, -0.1) is 0 Å². The summed E-state index contributed by atoms with van der Waals surface area (Å²) >= 11 is 1.23. The highest BCUT2D eigenvalue weighted by Crippen LogP contribution is 2.32. The van der Waals surface area contributed by atoms with Gasteiger partial charge in [-0.3, -0.25) is 0 Å². The molecule has 7 heteroatoms. The molecule has 4 rings (SSSR count). The minimum absolute atomic E-state index is 0.0778. The number of para-hydroxylation sites is 2. The largest absolute Gasteiger partial charge is 0.510 e. The summed E-state index contributed by atoms with van der Waals surface area (Å²) in [6, 6.07) is 19.2. The summed E-state index contributed by atoms with van der Waals surface area (Å²) in [5.41, 5.74) is 2.57. The van der Waals surface area contributed by atoms with Crippen LogP contribution in [-0.4, -0.2) is 25.3 Å². The predicted molar refractivity (Wildman–Crippen MR) is 109 cm³/mol. The summed E-state index contributed by atoms with van der Waals surface area (Å²) in [4.78, 5) is 11.7. The lowest BCUT2D eigenvalue weighted by molar-refractivity contribution is 0.399. The first-order valence-electron chi connectivity index (χ1n) is 8.62. The Kier molecular flexibility index (Phi) is 4.87. The van der Waals surface area contributed by atoms with Crippen LogP contribution in [0.4, 0.5) is 0 Å². The van der Waals surface area contributed by atoms with Crippen LogP contribution in [0.15, 0.2) is 76.2 Å². The molecule has 0 bridgehead atoms. The zero-order chi connectivity index (χ0) is 19.5. The van der Waals surface area contributed by atoms with Crippen molar-refractivity contribution >= 4 is 28.4 Å².